The lowest BCUT2D eigenvalue weighted by molar-refractivity contribution is 0.337. The van der Waals surface area contributed by atoms with Gasteiger partial charge in [-0.1, -0.05) is 0 Å². The van der Waals surface area contributed by atoms with Crippen LogP contribution in [0.2, 0.25) is 0 Å². The molecule has 2 rings (SSSR count). The average molecular weight is 244 g/mol. The first-order valence-corrected chi connectivity index (χ1v) is 6.44. The van der Waals surface area contributed by atoms with Crippen molar-refractivity contribution in [2.45, 2.75) is 26.3 Å². The molecular weight excluding hydrogens is 224 g/mol. The quantitative estimate of drug-likeness (QED) is 0.755. The average Bonchev–Trinajstić information content (AvgIpc) is 2.49. The van der Waals surface area contributed by atoms with Gasteiger partial charge in [-0.05, 0) is 46.0 Å². The zero-order valence-electron chi connectivity index (χ0n) is 11.3. The van der Waals surface area contributed by atoms with E-state index in [1.54, 1.807) is 0 Å². The predicted molar refractivity (Wildman–Crippen MR) is 72.6 cm³/mol. The van der Waals surface area contributed by atoms with Crippen molar-refractivity contribution < 1.29 is 0 Å². The van der Waals surface area contributed by atoms with Crippen LogP contribution >= 0.6 is 0 Å². The first-order valence-electron chi connectivity index (χ1n) is 6.44. The molecule has 1 saturated heterocycles. The summed E-state index contributed by atoms with van der Waals surface area (Å²) in [6.07, 6.45) is 1.14. The molecule has 0 amide bonds. The van der Waals surface area contributed by atoms with Crippen LogP contribution < -0.4 is 4.90 Å². The summed E-state index contributed by atoms with van der Waals surface area (Å²) >= 11 is 0. The molecule has 1 aromatic heterocycles. The molecule has 1 aliphatic heterocycles. The lowest BCUT2D eigenvalue weighted by Crippen LogP contribution is -2.38. The van der Waals surface area contributed by atoms with E-state index in [1.165, 1.54) is 0 Å². The van der Waals surface area contributed by atoms with Gasteiger partial charge in [-0.15, -0.1) is 0 Å². The molecule has 4 nitrogen and oxygen atoms in total. The summed E-state index contributed by atoms with van der Waals surface area (Å²) in [5.41, 5.74) is 1.61. The topological polar surface area (TPSA) is 43.2 Å². The first-order chi connectivity index (χ1) is 8.60. The van der Waals surface area contributed by atoms with Crippen LogP contribution in [0.3, 0.4) is 0 Å². The molecule has 0 aromatic carbocycles. The Hall–Kier alpha value is -1.60. The molecule has 1 aromatic rings. The number of nitriles is 1. The van der Waals surface area contributed by atoms with Gasteiger partial charge in [0.15, 0.2) is 0 Å². The Morgan fingerprint density at radius 3 is 2.89 bits per heavy atom. The van der Waals surface area contributed by atoms with Gasteiger partial charge in [0.05, 0.1) is 11.6 Å². The molecule has 1 unspecified atom stereocenters. The lowest BCUT2D eigenvalue weighted by atomic mass is 10.2. The predicted octanol–water partition coefficient (Wildman–Crippen LogP) is 1.79. The van der Waals surface area contributed by atoms with Crippen molar-refractivity contribution in [1.82, 2.24) is 9.88 Å². The van der Waals surface area contributed by atoms with Crippen molar-refractivity contribution in [2.24, 2.45) is 0 Å². The maximum absolute atomic E-state index is 9.04. The number of rotatable bonds is 1. The van der Waals surface area contributed by atoms with E-state index < -0.39 is 0 Å². The molecule has 18 heavy (non-hydrogen) atoms. The van der Waals surface area contributed by atoms with Crippen LogP contribution in [-0.4, -0.2) is 42.6 Å². The van der Waals surface area contributed by atoms with Gasteiger partial charge in [0.25, 0.3) is 0 Å². The second-order valence-electron chi connectivity index (χ2n) is 5.13. The zero-order chi connectivity index (χ0) is 13.1. The second-order valence-corrected chi connectivity index (χ2v) is 5.13. The SMILES string of the molecule is Cc1cc(C#N)cc(N2CCCN(C)CC2C)n1. The van der Waals surface area contributed by atoms with E-state index in [4.69, 9.17) is 5.26 Å². The van der Waals surface area contributed by atoms with E-state index in [-0.39, 0.29) is 0 Å². The summed E-state index contributed by atoms with van der Waals surface area (Å²) in [6, 6.07) is 6.37. The molecule has 96 valence electrons. The fourth-order valence-corrected chi connectivity index (χ4v) is 2.58. The van der Waals surface area contributed by atoms with E-state index in [0.29, 0.717) is 11.6 Å². The third-order valence-corrected chi connectivity index (χ3v) is 3.41. The highest BCUT2D eigenvalue weighted by Crippen LogP contribution is 2.20. The van der Waals surface area contributed by atoms with Gasteiger partial charge in [0.2, 0.25) is 0 Å². The normalized spacial score (nSPS) is 21.4. The summed E-state index contributed by atoms with van der Waals surface area (Å²) in [5.74, 6) is 0.939. The number of nitrogens with zero attached hydrogens (tertiary/aromatic N) is 4. The summed E-state index contributed by atoms with van der Waals surface area (Å²) < 4.78 is 0. The van der Waals surface area contributed by atoms with Gasteiger partial charge in [0.1, 0.15) is 5.82 Å². The highest BCUT2D eigenvalue weighted by molar-refractivity contribution is 5.47. The Kier molecular flexibility index (Phi) is 3.83. The third kappa shape index (κ3) is 2.80. The van der Waals surface area contributed by atoms with Gasteiger partial charge in [-0.2, -0.15) is 5.26 Å². The molecule has 0 bridgehead atoms. The molecule has 0 spiro atoms. The molecule has 4 heteroatoms. The minimum atomic E-state index is 0.429. The minimum Gasteiger partial charge on any atom is -0.353 e. The van der Waals surface area contributed by atoms with Crippen molar-refractivity contribution in [2.75, 3.05) is 31.6 Å². The van der Waals surface area contributed by atoms with Crippen LogP contribution in [0.1, 0.15) is 24.6 Å². The number of hydrogen-bond donors (Lipinski definition) is 0. The summed E-state index contributed by atoms with van der Waals surface area (Å²) in [4.78, 5) is 9.25. The highest BCUT2D eigenvalue weighted by atomic mass is 15.3. The van der Waals surface area contributed by atoms with Crippen LogP contribution in [-0.2, 0) is 0 Å². The minimum absolute atomic E-state index is 0.429. The van der Waals surface area contributed by atoms with Crippen molar-refractivity contribution in [3.05, 3.63) is 23.4 Å². The van der Waals surface area contributed by atoms with E-state index >= 15 is 0 Å². The van der Waals surface area contributed by atoms with Crippen LogP contribution in [0, 0.1) is 18.3 Å². The first kappa shape index (κ1) is 12.8. The number of aromatic nitrogens is 1. The van der Waals surface area contributed by atoms with Crippen molar-refractivity contribution in [3.63, 3.8) is 0 Å². The molecule has 1 fully saturated rings. The van der Waals surface area contributed by atoms with E-state index in [0.717, 1.165) is 37.6 Å². The van der Waals surface area contributed by atoms with Crippen LogP contribution in [0.15, 0.2) is 12.1 Å². The number of hydrogen-bond acceptors (Lipinski definition) is 4. The molecule has 0 N–H and O–H groups in total. The van der Waals surface area contributed by atoms with Crippen molar-refractivity contribution >= 4 is 5.82 Å². The number of likely N-dealkylation sites (N-methyl/N-ethyl adjacent to an activating group) is 1. The Morgan fingerprint density at radius 1 is 1.39 bits per heavy atom. The Labute approximate surface area is 109 Å². The number of aryl methyl sites for hydroxylation is 1. The fourth-order valence-electron chi connectivity index (χ4n) is 2.58. The van der Waals surface area contributed by atoms with Crippen LogP contribution in [0.4, 0.5) is 5.82 Å². The standard InChI is InChI=1S/C14H20N4/c1-11-7-13(9-15)8-14(16-11)18-6-4-5-17(3)10-12(18)2/h7-8,12H,4-6,10H2,1-3H3. The van der Waals surface area contributed by atoms with E-state index in [9.17, 15) is 0 Å². The van der Waals surface area contributed by atoms with E-state index in [2.05, 4.69) is 34.8 Å². The largest absolute Gasteiger partial charge is 0.353 e. The van der Waals surface area contributed by atoms with Crippen LogP contribution in [0.5, 0.6) is 0 Å². The number of anilines is 1. The van der Waals surface area contributed by atoms with Gasteiger partial charge in [-0.25, -0.2) is 4.98 Å². The van der Waals surface area contributed by atoms with Crippen molar-refractivity contribution in [1.29, 1.82) is 5.26 Å². The maximum Gasteiger partial charge on any atom is 0.130 e. The Balaban J connectivity index is 2.29. The zero-order valence-corrected chi connectivity index (χ0v) is 11.3. The van der Waals surface area contributed by atoms with Gasteiger partial charge < -0.3 is 9.80 Å². The third-order valence-electron chi connectivity index (χ3n) is 3.41. The molecule has 1 atom stereocenters. The molecular formula is C14H20N4. The molecule has 0 saturated carbocycles. The summed E-state index contributed by atoms with van der Waals surface area (Å²) in [5, 5.41) is 9.04. The lowest BCUT2D eigenvalue weighted by Gasteiger charge is -2.29. The molecule has 0 radical (unpaired) electrons. The van der Waals surface area contributed by atoms with Gasteiger partial charge >= 0.3 is 0 Å². The Bertz CT molecular complexity index is 463. The second kappa shape index (κ2) is 5.36. The molecule has 0 aliphatic carbocycles. The monoisotopic (exact) mass is 244 g/mol. The molecule has 2 heterocycles. The summed E-state index contributed by atoms with van der Waals surface area (Å²) in [6.45, 7) is 7.33. The summed E-state index contributed by atoms with van der Waals surface area (Å²) in [7, 11) is 2.16. The number of pyridine rings is 1. The highest BCUT2D eigenvalue weighted by Gasteiger charge is 2.21. The molecule has 1 aliphatic rings. The fraction of sp³-hybridized carbons (Fsp3) is 0.571. The van der Waals surface area contributed by atoms with Gasteiger partial charge in [-0.3, -0.25) is 0 Å². The van der Waals surface area contributed by atoms with Crippen LogP contribution in [0.25, 0.3) is 0 Å². The maximum atomic E-state index is 9.04. The smallest absolute Gasteiger partial charge is 0.130 e. The van der Waals surface area contributed by atoms with Gasteiger partial charge in [0, 0.05) is 24.8 Å². The Morgan fingerprint density at radius 2 is 2.17 bits per heavy atom. The van der Waals surface area contributed by atoms with Crippen molar-refractivity contribution in [3.8, 4) is 6.07 Å². The van der Waals surface area contributed by atoms with E-state index in [1.807, 2.05) is 19.1 Å².